The smallest absolute Gasteiger partial charge is 0.239 e. The topological polar surface area (TPSA) is 59.0 Å². The number of amides is 1. The van der Waals surface area contributed by atoms with Gasteiger partial charge >= 0.3 is 0 Å². The maximum Gasteiger partial charge on any atom is 0.239 e. The summed E-state index contributed by atoms with van der Waals surface area (Å²) in [7, 11) is 0. The molecule has 1 amide bonds. The summed E-state index contributed by atoms with van der Waals surface area (Å²) in [5.74, 6) is 1.18. The van der Waals surface area contributed by atoms with Crippen LogP contribution >= 0.6 is 0 Å². The van der Waals surface area contributed by atoms with Gasteiger partial charge in [-0.25, -0.2) is 4.68 Å². The van der Waals surface area contributed by atoms with E-state index in [1.165, 1.54) is 18.4 Å². The van der Waals surface area contributed by atoms with Crippen LogP contribution in [0.25, 0.3) is 0 Å². The number of nitrogens with zero attached hydrogens (tertiary/aromatic N) is 2. The fourth-order valence-corrected chi connectivity index (χ4v) is 3.64. The van der Waals surface area contributed by atoms with Crippen LogP contribution in [0, 0.1) is 5.92 Å². The van der Waals surface area contributed by atoms with Crippen LogP contribution in [0.5, 0.6) is 0 Å². The number of aromatic nitrogens is 2. The lowest BCUT2D eigenvalue weighted by Crippen LogP contribution is -2.34. The van der Waals surface area contributed by atoms with Crippen molar-refractivity contribution in [2.24, 2.45) is 5.92 Å². The average Bonchev–Trinajstić information content (AvgIpc) is 3.26. The van der Waals surface area contributed by atoms with Crippen molar-refractivity contribution in [1.82, 2.24) is 15.1 Å². The average molecular weight is 340 g/mol. The molecule has 1 heterocycles. The first-order valence-electron chi connectivity index (χ1n) is 9.27. The van der Waals surface area contributed by atoms with Gasteiger partial charge in [-0.2, -0.15) is 5.10 Å². The van der Waals surface area contributed by atoms with Crippen LogP contribution < -0.4 is 10.6 Å². The molecule has 2 aromatic rings. The number of nitrogens with one attached hydrogen (secondary N) is 2. The third-order valence-corrected chi connectivity index (χ3v) is 4.92. The lowest BCUT2D eigenvalue weighted by atomic mass is 9.96. The van der Waals surface area contributed by atoms with Crippen molar-refractivity contribution >= 4 is 11.7 Å². The van der Waals surface area contributed by atoms with Crippen LogP contribution in [0.1, 0.15) is 57.2 Å². The van der Waals surface area contributed by atoms with Crippen LogP contribution in [0.2, 0.25) is 0 Å². The molecule has 1 aliphatic rings. The second-order valence-electron chi connectivity index (χ2n) is 7.16. The summed E-state index contributed by atoms with van der Waals surface area (Å²) in [6.07, 6.45) is 6.54. The highest BCUT2D eigenvalue weighted by Gasteiger charge is 2.21. The third-order valence-electron chi connectivity index (χ3n) is 4.92. The lowest BCUT2D eigenvalue weighted by molar-refractivity contribution is -0.115. The van der Waals surface area contributed by atoms with Gasteiger partial charge in [-0.3, -0.25) is 4.79 Å². The van der Waals surface area contributed by atoms with Gasteiger partial charge in [0.2, 0.25) is 5.91 Å². The van der Waals surface area contributed by atoms with E-state index in [-0.39, 0.29) is 18.5 Å². The van der Waals surface area contributed by atoms with Crippen LogP contribution in [0.3, 0.4) is 0 Å². The standard InChI is InChI=1S/C20H28N4O/c1-15(2)20(16-8-4-3-5-9-16)21-14-19(25)23-18-12-13-22-24(18)17-10-6-7-11-17/h3-5,8-9,12-13,15,17,20-21H,6-7,10-11,14H2,1-2H3,(H,23,25)/t20-/m1/s1. The summed E-state index contributed by atoms with van der Waals surface area (Å²) in [5, 5.41) is 10.8. The molecule has 0 unspecified atom stereocenters. The molecule has 0 aliphatic heterocycles. The molecule has 134 valence electrons. The quantitative estimate of drug-likeness (QED) is 0.803. The van der Waals surface area contributed by atoms with Crippen molar-refractivity contribution in [3.8, 4) is 0 Å². The SMILES string of the molecule is CC(C)[C@@H](NCC(=O)Nc1ccnn1C1CCCC1)c1ccccc1. The zero-order chi connectivity index (χ0) is 17.6. The maximum absolute atomic E-state index is 12.4. The van der Waals surface area contributed by atoms with Gasteiger partial charge in [0, 0.05) is 12.1 Å². The largest absolute Gasteiger partial charge is 0.310 e. The Kier molecular flexibility index (Phi) is 5.87. The Hall–Kier alpha value is -2.14. The second-order valence-corrected chi connectivity index (χ2v) is 7.16. The van der Waals surface area contributed by atoms with Gasteiger partial charge in [-0.15, -0.1) is 0 Å². The Bertz CT molecular complexity index is 674. The van der Waals surface area contributed by atoms with E-state index in [1.54, 1.807) is 6.20 Å². The minimum atomic E-state index is -0.0265. The van der Waals surface area contributed by atoms with Crippen LogP contribution in [0.15, 0.2) is 42.6 Å². The van der Waals surface area contributed by atoms with E-state index in [2.05, 4.69) is 41.7 Å². The van der Waals surface area contributed by atoms with Crippen molar-refractivity contribution < 1.29 is 4.79 Å². The minimum absolute atomic E-state index is 0.0265. The number of hydrogen-bond acceptors (Lipinski definition) is 3. The number of benzene rings is 1. The first-order valence-corrected chi connectivity index (χ1v) is 9.27. The van der Waals surface area contributed by atoms with Gasteiger partial charge in [0.05, 0.1) is 18.8 Å². The Morgan fingerprint density at radius 3 is 2.60 bits per heavy atom. The third kappa shape index (κ3) is 4.48. The number of rotatable bonds is 7. The van der Waals surface area contributed by atoms with Crippen molar-refractivity contribution in [3.63, 3.8) is 0 Å². The van der Waals surface area contributed by atoms with E-state index >= 15 is 0 Å². The molecule has 1 aromatic heterocycles. The molecule has 1 atom stereocenters. The maximum atomic E-state index is 12.4. The molecule has 0 saturated heterocycles. The number of carbonyl (C=O) groups is 1. The number of hydrogen-bond donors (Lipinski definition) is 2. The molecule has 25 heavy (non-hydrogen) atoms. The van der Waals surface area contributed by atoms with E-state index in [4.69, 9.17) is 0 Å². The second kappa shape index (κ2) is 8.30. The number of anilines is 1. The summed E-state index contributed by atoms with van der Waals surface area (Å²) in [5.41, 5.74) is 1.21. The fraction of sp³-hybridized carbons (Fsp3) is 0.500. The molecule has 0 radical (unpaired) electrons. The molecule has 2 N–H and O–H groups in total. The Labute approximate surface area is 149 Å². The molecule has 1 fully saturated rings. The highest BCUT2D eigenvalue weighted by molar-refractivity contribution is 5.91. The molecule has 5 heteroatoms. The molecule has 1 saturated carbocycles. The van der Waals surface area contributed by atoms with Gasteiger partial charge in [-0.1, -0.05) is 57.0 Å². The Balaban J connectivity index is 1.58. The monoisotopic (exact) mass is 340 g/mol. The van der Waals surface area contributed by atoms with E-state index in [1.807, 2.05) is 28.9 Å². The zero-order valence-electron chi connectivity index (χ0n) is 15.1. The molecular weight excluding hydrogens is 312 g/mol. The zero-order valence-corrected chi connectivity index (χ0v) is 15.1. The van der Waals surface area contributed by atoms with Gasteiger partial charge in [0.15, 0.2) is 0 Å². The molecule has 3 rings (SSSR count). The lowest BCUT2D eigenvalue weighted by Gasteiger charge is -2.23. The Morgan fingerprint density at radius 2 is 1.92 bits per heavy atom. The molecular formula is C20H28N4O. The van der Waals surface area contributed by atoms with E-state index < -0.39 is 0 Å². The summed E-state index contributed by atoms with van der Waals surface area (Å²) in [6.45, 7) is 4.61. The molecule has 1 aliphatic carbocycles. The Morgan fingerprint density at radius 1 is 1.20 bits per heavy atom. The minimum Gasteiger partial charge on any atom is -0.310 e. The van der Waals surface area contributed by atoms with E-state index in [0.717, 1.165) is 18.7 Å². The van der Waals surface area contributed by atoms with Crippen molar-refractivity contribution in [2.75, 3.05) is 11.9 Å². The normalized spacial score (nSPS) is 16.3. The highest BCUT2D eigenvalue weighted by Crippen LogP contribution is 2.31. The predicted molar refractivity (Wildman–Crippen MR) is 100 cm³/mol. The van der Waals surface area contributed by atoms with Crippen LogP contribution in [-0.2, 0) is 4.79 Å². The molecule has 5 nitrogen and oxygen atoms in total. The predicted octanol–water partition coefficient (Wildman–Crippen LogP) is 3.92. The van der Waals surface area contributed by atoms with Crippen molar-refractivity contribution in [1.29, 1.82) is 0 Å². The first kappa shape index (κ1) is 17.7. The van der Waals surface area contributed by atoms with Gasteiger partial charge in [0.1, 0.15) is 5.82 Å². The van der Waals surface area contributed by atoms with Crippen molar-refractivity contribution in [2.45, 2.75) is 51.6 Å². The van der Waals surface area contributed by atoms with Gasteiger partial charge in [-0.05, 0) is 24.3 Å². The van der Waals surface area contributed by atoms with Gasteiger partial charge in [0.25, 0.3) is 0 Å². The molecule has 0 bridgehead atoms. The highest BCUT2D eigenvalue weighted by atomic mass is 16.2. The molecule has 1 aromatic carbocycles. The number of carbonyl (C=O) groups excluding carboxylic acids is 1. The summed E-state index contributed by atoms with van der Waals surface area (Å²) >= 11 is 0. The van der Waals surface area contributed by atoms with E-state index in [0.29, 0.717) is 12.0 Å². The summed E-state index contributed by atoms with van der Waals surface area (Å²) in [6, 6.07) is 12.7. The first-order chi connectivity index (χ1) is 12.1. The van der Waals surface area contributed by atoms with Gasteiger partial charge < -0.3 is 10.6 Å². The van der Waals surface area contributed by atoms with E-state index in [9.17, 15) is 4.79 Å². The fourth-order valence-electron chi connectivity index (χ4n) is 3.64. The summed E-state index contributed by atoms with van der Waals surface area (Å²) in [4.78, 5) is 12.4. The molecule has 0 spiro atoms. The summed E-state index contributed by atoms with van der Waals surface area (Å²) < 4.78 is 1.97. The van der Waals surface area contributed by atoms with Crippen LogP contribution in [-0.4, -0.2) is 22.2 Å². The van der Waals surface area contributed by atoms with Crippen molar-refractivity contribution in [3.05, 3.63) is 48.2 Å². The van der Waals surface area contributed by atoms with Crippen LogP contribution in [0.4, 0.5) is 5.82 Å².